The van der Waals surface area contributed by atoms with E-state index in [1.165, 1.54) is 0 Å². The van der Waals surface area contributed by atoms with Crippen LogP contribution in [0.15, 0.2) is 24.3 Å². The lowest BCUT2D eigenvalue weighted by Gasteiger charge is -2.37. The van der Waals surface area contributed by atoms with Crippen molar-refractivity contribution in [1.29, 1.82) is 0 Å². The van der Waals surface area contributed by atoms with E-state index >= 15 is 0 Å². The van der Waals surface area contributed by atoms with Gasteiger partial charge in [-0.25, -0.2) is 0 Å². The quantitative estimate of drug-likeness (QED) is 0.732. The molecule has 1 aromatic carbocycles. The highest BCUT2D eigenvalue weighted by atomic mass is 16.5. The summed E-state index contributed by atoms with van der Waals surface area (Å²) < 4.78 is 5.80. The molecule has 6 nitrogen and oxygen atoms in total. The topological polar surface area (TPSA) is 70.7 Å². The molecule has 0 unspecified atom stereocenters. The molecular formula is C23H37N3O3. The molecule has 0 aliphatic heterocycles. The van der Waals surface area contributed by atoms with Crippen molar-refractivity contribution in [3.05, 3.63) is 29.8 Å². The lowest BCUT2D eigenvalue weighted by molar-refractivity contribution is -0.121. The highest BCUT2D eigenvalue weighted by Gasteiger charge is 2.26. The van der Waals surface area contributed by atoms with E-state index < -0.39 is 0 Å². The predicted molar refractivity (Wildman–Crippen MR) is 116 cm³/mol. The largest absolute Gasteiger partial charge is 0.488 e. The van der Waals surface area contributed by atoms with Crippen LogP contribution in [0.25, 0.3) is 0 Å². The first kappa shape index (κ1) is 23.2. The number of benzene rings is 1. The van der Waals surface area contributed by atoms with Gasteiger partial charge in [0.15, 0.2) is 0 Å². The van der Waals surface area contributed by atoms with E-state index in [0.29, 0.717) is 23.4 Å². The third-order valence-corrected chi connectivity index (χ3v) is 5.38. The van der Waals surface area contributed by atoms with Gasteiger partial charge in [-0.15, -0.1) is 0 Å². The van der Waals surface area contributed by atoms with Crippen LogP contribution in [0.2, 0.25) is 0 Å². The van der Waals surface area contributed by atoms with E-state index in [1.807, 2.05) is 26.8 Å². The maximum Gasteiger partial charge on any atom is 0.251 e. The first-order valence-corrected chi connectivity index (χ1v) is 10.6. The standard InChI is InChI=1S/C23H37N3O3/c1-16(2)26(6)19-12-10-18(11-13-19)25-21(27)15-24-22(28)17-8-7-9-20(14-17)29-23(3,4)5/h7-9,14,16,18-19H,10-13,15H2,1-6H3,(H,24,28)(H,25,27)/t18-,19-. The summed E-state index contributed by atoms with van der Waals surface area (Å²) in [5.74, 6) is 0.223. The average Bonchev–Trinajstić information content (AvgIpc) is 2.65. The van der Waals surface area contributed by atoms with Gasteiger partial charge >= 0.3 is 0 Å². The van der Waals surface area contributed by atoms with Crippen LogP contribution >= 0.6 is 0 Å². The van der Waals surface area contributed by atoms with Gasteiger partial charge in [-0.05, 0) is 85.5 Å². The molecule has 0 radical (unpaired) electrons. The Balaban J connectivity index is 1.77. The normalized spacial score (nSPS) is 19.9. The fourth-order valence-corrected chi connectivity index (χ4v) is 3.64. The summed E-state index contributed by atoms with van der Waals surface area (Å²) in [7, 11) is 2.17. The number of hydrogen-bond donors (Lipinski definition) is 2. The molecule has 2 N–H and O–H groups in total. The van der Waals surface area contributed by atoms with Crippen LogP contribution in [0.3, 0.4) is 0 Å². The van der Waals surface area contributed by atoms with E-state index in [1.54, 1.807) is 18.2 Å². The molecule has 1 aliphatic carbocycles. The van der Waals surface area contributed by atoms with Gasteiger partial charge in [-0.1, -0.05) is 6.07 Å². The molecular weight excluding hydrogens is 366 g/mol. The number of nitrogens with zero attached hydrogens (tertiary/aromatic N) is 1. The molecule has 1 aromatic rings. The van der Waals surface area contributed by atoms with Gasteiger partial charge in [0, 0.05) is 23.7 Å². The van der Waals surface area contributed by atoms with Gasteiger partial charge in [-0.2, -0.15) is 0 Å². The summed E-state index contributed by atoms with van der Waals surface area (Å²) in [5.41, 5.74) is 0.148. The minimum Gasteiger partial charge on any atom is -0.488 e. The molecule has 162 valence electrons. The second-order valence-electron chi connectivity index (χ2n) is 9.26. The summed E-state index contributed by atoms with van der Waals surface area (Å²) in [6.45, 7) is 10.3. The van der Waals surface area contributed by atoms with Gasteiger partial charge in [0.2, 0.25) is 5.91 Å². The lowest BCUT2D eigenvalue weighted by atomic mass is 9.90. The van der Waals surface area contributed by atoms with Crippen LogP contribution in [-0.4, -0.2) is 54.0 Å². The second kappa shape index (κ2) is 10.1. The summed E-state index contributed by atoms with van der Waals surface area (Å²) in [4.78, 5) is 27.1. The summed E-state index contributed by atoms with van der Waals surface area (Å²) in [5, 5.41) is 5.77. The fourth-order valence-electron chi connectivity index (χ4n) is 3.64. The molecule has 29 heavy (non-hydrogen) atoms. The summed E-state index contributed by atoms with van der Waals surface area (Å²) >= 11 is 0. The van der Waals surface area contributed by atoms with Gasteiger partial charge in [0.05, 0.1) is 6.54 Å². The van der Waals surface area contributed by atoms with E-state index in [4.69, 9.17) is 4.74 Å². The molecule has 0 aromatic heterocycles. The van der Waals surface area contributed by atoms with Crippen LogP contribution in [0, 0.1) is 0 Å². The van der Waals surface area contributed by atoms with E-state index in [2.05, 4.69) is 36.4 Å². The molecule has 2 amide bonds. The molecule has 0 saturated heterocycles. The SMILES string of the molecule is CC(C)N(C)[C@H]1CC[C@H](NC(=O)CNC(=O)c2cccc(OC(C)(C)C)c2)CC1. The third kappa shape index (κ3) is 7.69. The first-order chi connectivity index (χ1) is 13.5. The zero-order valence-corrected chi connectivity index (χ0v) is 18.7. The van der Waals surface area contributed by atoms with Gasteiger partial charge in [0.1, 0.15) is 11.4 Å². The lowest BCUT2D eigenvalue weighted by Crippen LogP contribution is -2.46. The van der Waals surface area contributed by atoms with Gasteiger partial charge in [-0.3, -0.25) is 9.59 Å². The third-order valence-electron chi connectivity index (χ3n) is 5.38. The molecule has 2 rings (SSSR count). The van der Waals surface area contributed by atoms with Crippen LogP contribution in [0.1, 0.15) is 70.7 Å². The second-order valence-corrected chi connectivity index (χ2v) is 9.26. The molecule has 6 heteroatoms. The molecule has 0 spiro atoms. The number of hydrogen-bond acceptors (Lipinski definition) is 4. The Morgan fingerprint density at radius 2 is 1.83 bits per heavy atom. The zero-order valence-electron chi connectivity index (χ0n) is 18.7. The number of carbonyl (C=O) groups is 2. The molecule has 0 bridgehead atoms. The number of ether oxygens (including phenoxy) is 1. The Kier molecular flexibility index (Phi) is 8.08. The molecule has 1 saturated carbocycles. The number of amides is 2. The Bertz CT molecular complexity index is 689. The van der Waals surface area contributed by atoms with E-state index in [0.717, 1.165) is 25.7 Å². The Hall–Kier alpha value is -2.08. The Morgan fingerprint density at radius 1 is 1.17 bits per heavy atom. The summed E-state index contributed by atoms with van der Waals surface area (Å²) in [6, 6.07) is 8.34. The minimum absolute atomic E-state index is 0.0188. The molecule has 0 atom stereocenters. The zero-order chi connectivity index (χ0) is 21.6. The average molecular weight is 404 g/mol. The molecule has 0 heterocycles. The number of nitrogens with one attached hydrogen (secondary N) is 2. The summed E-state index contributed by atoms with van der Waals surface area (Å²) in [6.07, 6.45) is 4.14. The highest BCUT2D eigenvalue weighted by Crippen LogP contribution is 2.23. The van der Waals surface area contributed by atoms with Crippen molar-refractivity contribution in [1.82, 2.24) is 15.5 Å². The Labute approximate surface area is 175 Å². The molecule has 1 aliphatic rings. The Morgan fingerprint density at radius 3 is 2.41 bits per heavy atom. The van der Waals surface area contributed by atoms with Crippen LogP contribution in [-0.2, 0) is 4.79 Å². The van der Waals surface area contributed by atoms with Crippen molar-refractivity contribution < 1.29 is 14.3 Å². The van der Waals surface area contributed by atoms with Crippen molar-refractivity contribution in [3.63, 3.8) is 0 Å². The van der Waals surface area contributed by atoms with Crippen molar-refractivity contribution >= 4 is 11.8 Å². The van der Waals surface area contributed by atoms with Crippen LogP contribution in [0.4, 0.5) is 0 Å². The van der Waals surface area contributed by atoms with Gasteiger partial charge < -0.3 is 20.3 Å². The fraction of sp³-hybridized carbons (Fsp3) is 0.652. The number of carbonyl (C=O) groups excluding carboxylic acids is 2. The van der Waals surface area contributed by atoms with Crippen molar-refractivity contribution in [2.75, 3.05) is 13.6 Å². The maximum atomic E-state index is 12.4. The molecule has 1 fully saturated rings. The first-order valence-electron chi connectivity index (χ1n) is 10.6. The van der Waals surface area contributed by atoms with E-state index in [-0.39, 0.29) is 30.0 Å². The predicted octanol–water partition coefficient (Wildman–Crippen LogP) is 3.36. The minimum atomic E-state index is -0.335. The van der Waals surface area contributed by atoms with Crippen molar-refractivity contribution in [2.24, 2.45) is 0 Å². The van der Waals surface area contributed by atoms with Crippen LogP contribution < -0.4 is 15.4 Å². The van der Waals surface area contributed by atoms with Crippen LogP contribution in [0.5, 0.6) is 5.75 Å². The van der Waals surface area contributed by atoms with Crippen molar-refractivity contribution in [2.45, 2.75) is 84.0 Å². The van der Waals surface area contributed by atoms with E-state index in [9.17, 15) is 9.59 Å². The monoisotopic (exact) mass is 403 g/mol. The smallest absolute Gasteiger partial charge is 0.251 e. The van der Waals surface area contributed by atoms with Crippen molar-refractivity contribution in [3.8, 4) is 5.75 Å². The number of rotatable bonds is 7. The van der Waals surface area contributed by atoms with Gasteiger partial charge in [0.25, 0.3) is 5.91 Å². The maximum absolute atomic E-state index is 12.4. The highest BCUT2D eigenvalue weighted by molar-refractivity contribution is 5.96.